The minimum absolute atomic E-state index is 0.00890. The number of amides is 1. The minimum Gasteiger partial charge on any atom is -0.490 e. The highest BCUT2D eigenvalue weighted by molar-refractivity contribution is 7.07. The van der Waals surface area contributed by atoms with Crippen molar-refractivity contribution in [2.75, 3.05) is 19.8 Å². The van der Waals surface area contributed by atoms with Gasteiger partial charge >= 0.3 is 0 Å². The molecule has 0 N–H and O–H groups in total. The Hall–Kier alpha value is -2.15. The number of hydrogen-bond donors (Lipinski definition) is 0. The van der Waals surface area contributed by atoms with Gasteiger partial charge in [0.2, 0.25) is 0 Å². The van der Waals surface area contributed by atoms with Crippen molar-refractivity contribution < 1.29 is 14.3 Å². The number of hydrogen-bond acceptors (Lipinski definition) is 6. The third kappa shape index (κ3) is 2.76. The fraction of sp³-hybridized carbons (Fsp3) is 0.438. The van der Waals surface area contributed by atoms with E-state index in [1.54, 1.807) is 0 Å². The lowest BCUT2D eigenvalue weighted by molar-refractivity contribution is 0.0740. The summed E-state index contributed by atoms with van der Waals surface area (Å²) >= 11 is 1.14. The van der Waals surface area contributed by atoms with Crippen LogP contribution in [0.4, 0.5) is 0 Å². The van der Waals surface area contributed by atoms with Gasteiger partial charge in [-0.1, -0.05) is 10.6 Å². The first-order chi connectivity index (χ1) is 11.3. The standard InChI is InChI=1S/C16H17N3O3S/c20-16(15-10-17-18-23-15)19-6-1-3-12(19)11-4-5-13-14(9-11)22-8-2-7-21-13/h4-5,9-10,12H,1-3,6-8H2. The molecule has 0 spiro atoms. The summed E-state index contributed by atoms with van der Waals surface area (Å²) in [5.41, 5.74) is 1.09. The highest BCUT2D eigenvalue weighted by atomic mass is 32.1. The molecule has 6 nitrogen and oxygen atoms in total. The summed E-state index contributed by atoms with van der Waals surface area (Å²) < 4.78 is 15.2. The zero-order valence-corrected chi connectivity index (χ0v) is 13.4. The Morgan fingerprint density at radius 3 is 2.91 bits per heavy atom. The Labute approximate surface area is 138 Å². The summed E-state index contributed by atoms with van der Waals surface area (Å²) in [4.78, 5) is 15.1. The molecule has 1 unspecified atom stereocenters. The molecule has 120 valence electrons. The number of nitrogens with zero attached hydrogens (tertiary/aromatic N) is 3. The average Bonchev–Trinajstić information content (AvgIpc) is 3.22. The summed E-state index contributed by atoms with van der Waals surface area (Å²) in [6.07, 6.45) is 4.38. The number of aromatic nitrogens is 2. The summed E-state index contributed by atoms with van der Waals surface area (Å²) in [5, 5.41) is 3.76. The van der Waals surface area contributed by atoms with E-state index in [-0.39, 0.29) is 11.9 Å². The normalized spacial score (nSPS) is 20.3. The second-order valence-corrected chi connectivity index (χ2v) is 6.48. The smallest absolute Gasteiger partial charge is 0.267 e. The van der Waals surface area contributed by atoms with Crippen molar-refractivity contribution in [3.8, 4) is 11.5 Å². The van der Waals surface area contributed by atoms with Crippen molar-refractivity contribution in [1.82, 2.24) is 14.5 Å². The Kier molecular flexibility index (Phi) is 3.87. The van der Waals surface area contributed by atoms with Crippen molar-refractivity contribution in [2.24, 2.45) is 0 Å². The van der Waals surface area contributed by atoms with Crippen LogP contribution in [0.5, 0.6) is 11.5 Å². The quantitative estimate of drug-likeness (QED) is 0.846. The Morgan fingerprint density at radius 1 is 1.22 bits per heavy atom. The molecule has 0 bridgehead atoms. The predicted octanol–water partition coefficient (Wildman–Crippen LogP) is 2.68. The van der Waals surface area contributed by atoms with Gasteiger partial charge in [-0.25, -0.2) is 0 Å². The van der Waals surface area contributed by atoms with Crippen molar-refractivity contribution in [3.63, 3.8) is 0 Å². The van der Waals surface area contributed by atoms with Crippen molar-refractivity contribution in [1.29, 1.82) is 0 Å². The van der Waals surface area contributed by atoms with Crippen LogP contribution in [0.2, 0.25) is 0 Å². The van der Waals surface area contributed by atoms with Crippen LogP contribution < -0.4 is 9.47 Å². The van der Waals surface area contributed by atoms with Gasteiger partial charge in [-0.05, 0) is 42.1 Å². The van der Waals surface area contributed by atoms with Crippen LogP contribution in [0.15, 0.2) is 24.4 Å². The first-order valence-electron chi connectivity index (χ1n) is 7.81. The van der Waals surface area contributed by atoms with E-state index in [4.69, 9.17) is 9.47 Å². The Morgan fingerprint density at radius 2 is 2.09 bits per heavy atom. The van der Waals surface area contributed by atoms with Crippen LogP contribution in [0.25, 0.3) is 0 Å². The fourth-order valence-corrected chi connectivity index (χ4v) is 3.62. The molecular weight excluding hydrogens is 314 g/mol. The molecule has 23 heavy (non-hydrogen) atoms. The third-order valence-corrected chi connectivity index (χ3v) is 4.89. The second kappa shape index (κ2) is 6.16. The van der Waals surface area contributed by atoms with Gasteiger partial charge in [0.1, 0.15) is 4.88 Å². The molecular formula is C16H17N3O3S. The van der Waals surface area contributed by atoms with E-state index in [1.807, 2.05) is 23.1 Å². The van der Waals surface area contributed by atoms with Gasteiger partial charge in [-0.3, -0.25) is 4.79 Å². The molecule has 0 radical (unpaired) electrons. The maximum Gasteiger partial charge on any atom is 0.267 e. The molecule has 3 heterocycles. The van der Waals surface area contributed by atoms with E-state index in [9.17, 15) is 4.79 Å². The molecule has 7 heteroatoms. The molecule has 0 saturated carbocycles. The van der Waals surface area contributed by atoms with Crippen molar-refractivity contribution in [3.05, 3.63) is 34.8 Å². The van der Waals surface area contributed by atoms with E-state index in [0.29, 0.717) is 18.1 Å². The number of fused-ring (bicyclic) bond motifs is 1. The summed E-state index contributed by atoms with van der Waals surface area (Å²) in [6.45, 7) is 2.10. The second-order valence-electron chi connectivity index (χ2n) is 5.69. The first-order valence-corrected chi connectivity index (χ1v) is 8.58. The van der Waals surface area contributed by atoms with E-state index < -0.39 is 0 Å². The zero-order valence-electron chi connectivity index (χ0n) is 12.6. The summed E-state index contributed by atoms with van der Waals surface area (Å²) in [7, 11) is 0. The van der Waals surface area contributed by atoms with E-state index >= 15 is 0 Å². The molecule has 1 aromatic heterocycles. The van der Waals surface area contributed by atoms with Gasteiger partial charge in [-0.15, -0.1) is 5.10 Å². The van der Waals surface area contributed by atoms with Gasteiger partial charge in [0.05, 0.1) is 25.5 Å². The van der Waals surface area contributed by atoms with Crippen LogP contribution in [0, 0.1) is 0 Å². The minimum atomic E-state index is 0.00890. The predicted molar refractivity (Wildman–Crippen MR) is 85.0 cm³/mol. The fourth-order valence-electron chi connectivity index (χ4n) is 3.15. The lowest BCUT2D eigenvalue weighted by Crippen LogP contribution is -2.30. The SMILES string of the molecule is O=C(c1cnns1)N1CCCC1c1ccc2c(c1)OCCCO2. The first kappa shape index (κ1) is 14.4. The monoisotopic (exact) mass is 331 g/mol. The highest BCUT2D eigenvalue weighted by Crippen LogP contribution is 2.38. The molecule has 4 rings (SSSR count). The average molecular weight is 331 g/mol. The lowest BCUT2D eigenvalue weighted by atomic mass is 10.0. The van der Waals surface area contributed by atoms with Crippen LogP contribution >= 0.6 is 11.5 Å². The molecule has 1 aromatic carbocycles. The maximum absolute atomic E-state index is 12.6. The molecule has 1 amide bonds. The van der Waals surface area contributed by atoms with Crippen LogP contribution in [-0.2, 0) is 0 Å². The maximum atomic E-state index is 12.6. The number of ether oxygens (including phenoxy) is 2. The Bertz CT molecular complexity index is 705. The Balaban J connectivity index is 1.61. The lowest BCUT2D eigenvalue weighted by Gasteiger charge is -2.25. The van der Waals surface area contributed by atoms with Crippen LogP contribution in [0.3, 0.4) is 0 Å². The highest BCUT2D eigenvalue weighted by Gasteiger charge is 2.32. The van der Waals surface area contributed by atoms with E-state index in [1.165, 1.54) is 6.20 Å². The molecule has 1 fully saturated rings. The molecule has 1 saturated heterocycles. The molecule has 2 aliphatic heterocycles. The third-order valence-electron chi connectivity index (χ3n) is 4.24. The van der Waals surface area contributed by atoms with Crippen molar-refractivity contribution in [2.45, 2.75) is 25.3 Å². The number of benzene rings is 1. The van der Waals surface area contributed by atoms with Gasteiger partial charge in [-0.2, -0.15) is 0 Å². The van der Waals surface area contributed by atoms with E-state index in [0.717, 1.165) is 54.4 Å². The molecule has 2 aromatic rings. The zero-order chi connectivity index (χ0) is 15.6. The van der Waals surface area contributed by atoms with Crippen LogP contribution in [0.1, 0.15) is 40.5 Å². The summed E-state index contributed by atoms with van der Waals surface area (Å²) in [6, 6.07) is 6.07. The largest absolute Gasteiger partial charge is 0.490 e. The number of carbonyl (C=O) groups excluding carboxylic acids is 1. The van der Waals surface area contributed by atoms with Gasteiger partial charge in [0, 0.05) is 13.0 Å². The number of carbonyl (C=O) groups is 1. The summed E-state index contributed by atoms with van der Waals surface area (Å²) in [5.74, 6) is 1.57. The molecule has 2 aliphatic rings. The van der Waals surface area contributed by atoms with Crippen LogP contribution in [-0.4, -0.2) is 40.2 Å². The molecule has 1 atom stereocenters. The van der Waals surface area contributed by atoms with Gasteiger partial charge in [0.25, 0.3) is 5.91 Å². The molecule has 0 aliphatic carbocycles. The van der Waals surface area contributed by atoms with Gasteiger partial charge < -0.3 is 14.4 Å². The number of likely N-dealkylation sites (tertiary alicyclic amines) is 1. The van der Waals surface area contributed by atoms with Crippen molar-refractivity contribution >= 4 is 17.4 Å². The van der Waals surface area contributed by atoms with E-state index in [2.05, 4.69) is 9.59 Å². The topological polar surface area (TPSA) is 64.6 Å². The number of rotatable bonds is 2. The van der Waals surface area contributed by atoms with Gasteiger partial charge in [0.15, 0.2) is 11.5 Å².